The molecule has 0 saturated carbocycles. The molecule has 0 saturated heterocycles. The van der Waals surface area contributed by atoms with Crippen LogP contribution >= 0.6 is 7.26 Å². The van der Waals surface area contributed by atoms with Crippen molar-refractivity contribution in [2.75, 3.05) is 26.2 Å². The first-order valence-corrected chi connectivity index (χ1v) is 7.04. The smallest absolute Gasteiger partial charge is 0.0588 e. The third-order valence-corrected chi connectivity index (χ3v) is 2.98. The molecule has 0 bridgehead atoms. The van der Waals surface area contributed by atoms with Gasteiger partial charge in [-0.05, 0) is 12.3 Å². The lowest BCUT2D eigenvalue weighted by Gasteiger charge is -2.12. The first kappa shape index (κ1) is 13.3. The predicted octanol–water partition coefficient (Wildman–Crippen LogP) is -0.0565. The van der Waals surface area contributed by atoms with E-state index in [1.165, 1.54) is 12.6 Å². The van der Waals surface area contributed by atoms with Gasteiger partial charge in [0.1, 0.15) is 0 Å². The number of hydrogen-bond donors (Lipinski definition) is 0. The highest BCUT2D eigenvalue weighted by Crippen LogP contribution is 2.47. The van der Waals surface area contributed by atoms with Crippen LogP contribution in [0.1, 0.15) is 20.3 Å². The van der Waals surface area contributed by atoms with Gasteiger partial charge in [-0.1, -0.05) is 13.8 Å². The van der Waals surface area contributed by atoms with E-state index in [0.29, 0.717) is 0 Å². The van der Waals surface area contributed by atoms with Gasteiger partial charge in [0, 0.05) is 27.3 Å². The molecule has 0 aliphatic rings. The van der Waals surface area contributed by atoms with Crippen LogP contribution in [-0.2, 0) is 0 Å². The van der Waals surface area contributed by atoms with E-state index < -0.39 is 7.26 Å². The Bertz CT molecular complexity index is 73.8. The maximum Gasteiger partial charge on any atom is 0.0588 e. The number of halogens is 1. The van der Waals surface area contributed by atoms with E-state index in [-0.39, 0.29) is 12.4 Å². The summed E-state index contributed by atoms with van der Waals surface area (Å²) in [7, 11) is -0.470. The van der Waals surface area contributed by atoms with Gasteiger partial charge in [-0.25, -0.2) is 0 Å². The van der Waals surface area contributed by atoms with Gasteiger partial charge in [-0.3, -0.25) is 0 Å². The molecule has 0 unspecified atom stereocenters. The van der Waals surface area contributed by atoms with Crippen LogP contribution in [0.2, 0.25) is 0 Å². The lowest BCUT2D eigenvalue weighted by molar-refractivity contribution is -0.00000246. The topological polar surface area (TPSA) is 0 Å². The molecule has 0 nitrogen and oxygen atoms in total. The Hall–Kier alpha value is 0.720. The van der Waals surface area contributed by atoms with Gasteiger partial charge in [0.2, 0.25) is 0 Å². The zero-order valence-corrected chi connectivity index (χ0v) is 9.47. The predicted molar refractivity (Wildman–Crippen MR) is 49.0 cm³/mol. The van der Waals surface area contributed by atoms with Crippen molar-refractivity contribution in [1.82, 2.24) is 0 Å². The van der Waals surface area contributed by atoms with E-state index in [1.54, 1.807) is 0 Å². The van der Waals surface area contributed by atoms with E-state index in [4.69, 9.17) is 0 Å². The van der Waals surface area contributed by atoms with Crippen LogP contribution in [-0.4, -0.2) is 26.2 Å². The van der Waals surface area contributed by atoms with Gasteiger partial charge in [-0.2, -0.15) is 0 Å². The van der Waals surface area contributed by atoms with E-state index >= 15 is 0 Å². The largest absolute Gasteiger partial charge is 1.00 e. The molecule has 10 heavy (non-hydrogen) atoms. The van der Waals surface area contributed by atoms with Gasteiger partial charge in [0.05, 0.1) is 6.16 Å². The van der Waals surface area contributed by atoms with Crippen LogP contribution in [0, 0.1) is 5.92 Å². The van der Waals surface area contributed by atoms with Gasteiger partial charge < -0.3 is 12.4 Å². The average molecular weight is 183 g/mol. The fourth-order valence-corrected chi connectivity index (χ4v) is 1.94. The van der Waals surface area contributed by atoms with Crippen LogP contribution in [0.25, 0.3) is 0 Å². The van der Waals surface area contributed by atoms with Crippen LogP contribution in [0.5, 0.6) is 0 Å². The summed E-state index contributed by atoms with van der Waals surface area (Å²) in [6, 6.07) is 0. The highest BCUT2D eigenvalue weighted by Gasteiger charge is 2.16. The van der Waals surface area contributed by atoms with Gasteiger partial charge >= 0.3 is 0 Å². The fraction of sp³-hybridized carbons (Fsp3) is 1.00. The van der Waals surface area contributed by atoms with Crippen LogP contribution in [0.3, 0.4) is 0 Å². The molecule has 2 heteroatoms. The molecule has 0 aromatic heterocycles. The molecular formula is C8H20ClP. The summed E-state index contributed by atoms with van der Waals surface area (Å²) in [6.07, 6.45) is 2.88. The summed E-state index contributed by atoms with van der Waals surface area (Å²) in [5, 5.41) is 0. The minimum atomic E-state index is -0.470. The first-order chi connectivity index (χ1) is 3.92. The summed E-state index contributed by atoms with van der Waals surface area (Å²) in [5.74, 6) is 0.893. The third kappa shape index (κ3) is 11.5. The monoisotopic (exact) mass is 182 g/mol. The molecule has 0 amide bonds. The van der Waals surface area contributed by atoms with Crippen molar-refractivity contribution in [3.8, 4) is 0 Å². The lowest BCUT2D eigenvalue weighted by atomic mass is 10.2. The molecule has 0 aliphatic heterocycles. The summed E-state index contributed by atoms with van der Waals surface area (Å²) >= 11 is 0. The van der Waals surface area contributed by atoms with Crippen molar-refractivity contribution in [3.63, 3.8) is 0 Å². The summed E-state index contributed by atoms with van der Waals surface area (Å²) in [6.45, 7) is 11.8. The van der Waals surface area contributed by atoms with E-state index in [1.807, 2.05) is 0 Å². The molecule has 64 valence electrons. The Morgan fingerprint density at radius 1 is 1.10 bits per heavy atom. The second kappa shape index (κ2) is 5.38. The van der Waals surface area contributed by atoms with Gasteiger partial charge in [0.15, 0.2) is 0 Å². The molecule has 0 aliphatic carbocycles. The molecule has 0 radical (unpaired) electrons. The van der Waals surface area contributed by atoms with Crippen LogP contribution in [0.4, 0.5) is 0 Å². The second-order valence-corrected chi connectivity index (χ2v) is 9.22. The standard InChI is InChI=1S/C8H20P.ClH/c1-8(2)6-7-9(3,4)5;/h8H,6-7H2,1-5H3;1H/q+1;/p-1. The van der Waals surface area contributed by atoms with Crippen molar-refractivity contribution in [2.24, 2.45) is 5.92 Å². The van der Waals surface area contributed by atoms with Crippen LogP contribution < -0.4 is 12.4 Å². The van der Waals surface area contributed by atoms with Crippen LogP contribution in [0.15, 0.2) is 0 Å². The quantitative estimate of drug-likeness (QED) is 0.537. The highest BCUT2D eigenvalue weighted by molar-refractivity contribution is 7.73. The SMILES string of the molecule is CC(C)CC[P+](C)(C)C.[Cl-]. The maximum absolute atomic E-state index is 2.41. The molecular weight excluding hydrogens is 163 g/mol. The Labute approximate surface area is 72.5 Å². The van der Waals surface area contributed by atoms with Crippen molar-refractivity contribution in [3.05, 3.63) is 0 Å². The van der Waals surface area contributed by atoms with Gasteiger partial charge in [0.25, 0.3) is 0 Å². The van der Waals surface area contributed by atoms with Crippen molar-refractivity contribution in [1.29, 1.82) is 0 Å². The van der Waals surface area contributed by atoms with Gasteiger partial charge in [-0.15, -0.1) is 0 Å². The minimum Gasteiger partial charge on any atom is -1.00 e. The average Bonchev–Trinajstić information content (AvgIpc) is 1.59. The van der Waals surface area contributed by atoms with Crippen molar-refractivity contribution in [2.45, 2.75) is 20.3 Å². The Balaban J connectivity index is 0. The second-order valence-electron chi connectivity index (χ2n) is 4.20. The van der Waals surface area contributed by atoms with E-state index in [0.717, 1.165) is 5.92 Å². The molecule has 0 heterocycles. The van der Waals surface area contributed by atoms with Crippen molar-refractivity contribution >= 4 is 7.26 Å². The number of rotatable bonds is 3. The Morgan fingerprint density at radius 3 is 1.60 bits per heavy atom. The molecule has 0 N–H and O–H groups in total. The molecule has 0 aromatic carbocycles. The first-order valence-electron chi connectivity index (χ1n) is 3.72. The summed E-state index contributed by atoms with van der Waals surface area (Å²) in [4.78, 5) is 0. The molecule has 0 spiro atoms. The minimum absolute atomic E-state index is 0. The van der Waals surface area contributed by atoms with Crippen molar-refractivity contribution < 1.29 is 12.4 Å². The highest BCUT2D eigenvalue weighted by atomic mass is 35.5. The molecule has 0 aromatic rings. The Kier molecular flexibility index (Phi) is 7.17. The zero-order valence-electron chi connectivity index (χ0n) is 7.82. The normalized spacial score (nSPS) is 11.4. The fourth-order valence-electron chi connectivity index (χ4n) is 0.645. The molecule has 0 rings (SSSR count). The molecule has 0 atom stereocenters. The lowest BCUT2D eigenvalue weighted by Crippen LogP contribution is -3.00. The summed E-state index contributed by atoms with van der Waals surface area (Å²) < 4.78 is 0. The summed E-state index contributed by atoms with van der Waals surface area (Å²) in [5.41, 5.74) is 0. The zero-order chi connectivity index (χ0) is 7.49. The maximum atomic E-state index is 2.41. The van der Waals surface area contributed by atoms with E-state index in [9.17, 15) is 0 Å². The molecule has 0 fully saturated rings. The third-order valence-electron chi connectivity index (χ3n) is 1.38. The number of hydrogen-bond acceptors (Lipinski definition) is 0. The Morgan fingerprint density at radius 2 is 1.50 bits per heavy atom. The van der Waals surface area contributed by atoms with E-state index in [2.05, 4.69) is 33.8 Å².